The topological polar surface area (TPSA) is 73.6 Å². The van der Waals surface area contributed by atoms with Gasteiger partial charge in [0, 0.05) is 6.54 Å². The van der Waals surface area contributed by atoms with E-state index in [1.165, 1.54) is 12.5 Å². The fourth-order valence-corrected chi connectivity index (χ4v) is 1.79. The molecule has 0 fully saturated rings. The number of aryl methyl sites for hydroxylation is 1. The van der Waals surface area contributed by atoms with Crippen molar-refractivity contribution in [3.05, 3.63) is 23.2 Å². The lowest BCUT2D eigenvalue weighted by Crippen LogP contribution is -2.10. The summed E-state index contributed by atoms with van der Waals surface area (Å²) in [5, 5.41) is 7.70. The minimum atomic E-state index is -0.0136. The Balaban J connectivity index is 2.09. The number of hydrogen-bond donors (Lipinski definition) is 0. The number of carbonyl (C=O) groups excluding carboxylic acids is 1. The van der Waals surface area contributed by atoms with Crippen LogP contribution in [-0.2, 0) is 13.0 Å². The second-order valence-electron chi connectivity index (χ2n) is 3.28. The van der Waals surface area contributed by atoms with Crippen LogP contribution in [-0.4, -0.2) is 30.1 Å². The van der Waals surface area contributed by atoms with Gasteiger partial charge in [0.05, 0.1) is 12.6 Å². The van der Waals surface area contributed by atoms with Crippen LogP contribution in [0.4, 0.5) is 0 Å². The molecule has 0 radical (unpaired) electrons. The van der Waals surface area contributed by atoms with E-state index in [9.17, 15) is 4.79 Å². The maximum absolute atomic E-state index is 11.8. The van der Waals surface area contributed by atoms with Crippen molar-refractivity contribution in [2.75, 3.05) is 0 Å². The molecular weight excluding hydrogens is 226 g/mol. The summed E-state index contributed by atoms with van der Waals surface area (Å²) in [6.07, 6.45) is 4.17. The lowest BCUT2D eigenvalue weighted by atomic mass is 10.2. The summed E-state index contributed by atoms with van der Waals surface area (Å²) in [4.78, 5) is 16.4. The fraction of sp³-hybridized carbons (Fsp3) is 0.444. The fourth-order valence-electron chi connectivity index (χ4n) is 1.34. The molecule has 2 aromatic rings. The second kappa shape index (κ2) is 4.93. The van der Waals surface area contributed by atoms with E-state index in [-0.39, 0.29) is 12.2 Å². The molecule has 2 heterocycles. The first kappa shape index (κ1) is 10.9. The van der Waals surface area contributed by atoms with Crippen LogP contribution in [0.15, 0.2) is 12.5 Å². The molecule has 84 valence electrons. The Morgan fingerprint density at radius 1 is 1.56 bits per heavy atom. The molecule has 0 saturated heterocycles. The second-order valence-corrected chi connectivity index (χ2v) is 4.07. The molecule has 0 N–H and O–H groups in total. The van der Waals surface area contributed by atoms with Crippen molar-refractivity contribution in [2.45, 2.75) is 26.3 Å². The number of aromatic nitrogens is 5. The van der Waals surface area contributed by atoms with Gasteiger partial charge in [0.15, 0.2) is 5.78 Å². The monoisotopic (exact) mass is 237 g/mol. The highest BCUT2D eigenvalue weighted by Crippen LogP contribution is 2.07. The van der Waals surface area contributed by atoms with Crippen LogP contribution in [0.1, 0.15) is 28.8 Å². The molecule has 6 nitrogen and oxygen atoms in total. The number of hydrogen-bond acceptors (Lipinski definition) is 6. The predicted octanol–water partition coefficient (Wildman–Crippen LogP) is 0.965. The average Bonchev–Trinajstić information content (AvgIpc) is 2.90. The van der Waals surface area contributed by atoms with Crippen molar-refractivity contribution >= 4 is 17.3 Å². The number of carbonyl (C=O) groups is 1. The lowest BCUT2D eigenvalue weighted by molar-refractivity contribution is 0.0993. The van der Waals surface area contributed by atoms with Crippen molar-refractivity contribution in [1.29, 1.82) is 0 Å². The van der Waals surface area contributed by atoms with Crippen LogP contribution < -0.4 is 0 Å². The van der Waals surface area contributed by atoms with Gasteiger partial charge in [-0.25, -0.2) is 9.67 Å². The summed E-state index contributed by atoms with van der Waals surface area (Å²) in [5.74, 6) is 0.681. The van der Waals surface area contributed by atoms with Crippen LogP contribution in [0.2, 0.25) is 0 Å². The van der Waals surface area contributed by atoms with Crippen molar-refractivity contribution in [3.8, 4) is 0 Å². The van der Waals surface area contributed by atoms with Gasteiger partial charge < -0.3 is 0 Å². The Morgan fingerprint density at radius 2 is 2.44 bits per heavy atom. The first-order valence-electron chi connectivity index (χ1n) is 4.98. The Hall–Kier alpha value is -1.63. The van der Waals surface area contributed by atoms with Crippen LogP contribution in [0.25, 0.3) is 0 Å². The quantitative estimate of drug-likeness (QED) is 0.724. The van der Waals surface area contributed by atoms with E-state index in [1.54, 1.807) is 4.68 Å². The number of rotatable bonds is 5. The normalized spacial score (nSPS) is 10.6. The molecule has 0 saturated carbocycles. The SMILES string of the molecule is CCCn1ncnc1CC(=O)c1cnns1. The third-order valence-electron chi connectivity index (χ3n) is 2.09. The smallest absolute Gasteiger partial charge is 0.183 e. The molecule has 2 aromatic heterocycles. The highest BCUT2D eigenvalue weighted by molar-refractivity contribution is 7.07. The van der Waals surface area contributed by atoms with E-state index in [0.717, 1.165) is 24.5 Å². The molecule has 16 heavy (non-hydrogen) atoms. The first-order chi connectivity index (χ1) is 7.81. The Morgan fingerprint density at radius 3 is 3.12 bits per heavy atom. The van der Waals surface area contributed by atoms with Gasteiger partial charge in [-0.05, 0) is 18.0 Å². The summed E-state index contributed by atoms with van der Waals surface area (Å²) in [5.41, 5.74) is 0. The van der Waals surface area contributed by atoms with Crippen molar-refractivity contribution in [1.82, 2.24) is 24.4 Å². The molecule has 0 atom stereocenters. The third kappa shape index (κ3) is 2.30. The number of nitrogens with zero attached hydrogens (tertiary/aromatic N) is 5. The van der Waals surface area contributed by atoms with Crippen LogP contribution >= 0.6 is 11.5 Å². The maximum Gasteiger partial charge on any atom is 0.183 e. The Labute approximate surface area is 96.5 Å². The molecule has 0 aliphatic heterocycles. The molecule has 0 bridgehead atoms. The highest BCUT2D eigenvalue weighted by Gasteiger charge is 2.13. The van der Waals surface area contributed by atoms with E-state index >= 15 is 0 Å². The van der Waals surface area contributed by atoms with Gasteiger partial charge in [-0.15, -0.1) is 5.10 Å². The van der Waals surface area contributed by atoms with Crippen molar-refractivity contribution in [3.63, 3.8) is 0 Å². The molecule has 0 aliphatic carbocycles. The largest absolute Gasteiger partial charge is 0.293 e. The zero-order chi connectivity index (χ0) is 11.4. The predicted molar refractivity (Wildman–Crippen MR) is 58.3 cm³/mol. The third-order valence-corrected chi connectivity index (χ3v) is 2.79. The molecule has 7 heteroatoms. The maximum atomic E-state index is 11.8. The zero-order valence-corrected chi connectivity index (χ0v) is 9.65. The van der Waals surface area contributed by atoms with Gasteiger partial charge in [0.25, 0.3) is 0 Å². The van der Waals surface area contributed by atoms with Crippen LogP contribution in [0, 0.1) is 0 Å². The van der Waals surface area contributed by atoms with E-state index in [2.05, 4.69) is 26.6 Å². The van der Waals surface area contributed by atoms with Crippen LogP contribution in [0.3, 0.4) is 0 Å². The summed E-state index contributed by atoms with van der Waals surface area (Å²) in [7, 11) is 0. The molecule has 2 rings (SSSR count). The van der Waals surface area contributed by atoms with Gasteiger partial charge in [-0.3, -0.25) is 4.79 Å². The zero-order valence-electron chi connectivity index (χ0n) is 8.83. The molecule has 0 amide bonds. The minimum absolute atomic E-state index is 0.0136. The van der Waals surface area contributed by atoms with E-state index in [0.29, 0.717) is 10.7 Å². The number of Topliss-reactive ketones (excluding diaryl/α,β-unsaturated/α-hetero) is 1. The highest BCUT2D eigenvalue weighted by atomic mass is 32.1. The van der Waals surface area contributed by atoms with Gasteiger partial charge in [-0.1, -0.05) is 11.4 Å². The standard InChI is InChI=1S/C9H11N5OS/c1-2-3-14-9(10-6-12-14)4-7(15)8-5-11-13-16-8/h5-6H,2-4H2,1H3. The Kier molecular flexibility index (Phi) is 3.35. The first-order valence-corrected chi connectivity index (χ1v) is 5.76. The molecule has 0 spiro atoms. The Bertz CT molecular complexity index is 464. The summed E-state index contributed by atoms with van der Waals surface area (Å²) in [6, 6.07) is 0. The molecule has 0 unspecified atom stereocenters. The molecule has 0 aliphatic rings. The minimum Gasteiger partial charge on any atom is -0.293 e. The summed E-state index contributed by atoms with van der Waals surface area (Å²) in [6.45, 7) is 2.84. The van der Waals surface area contributed by atoms with Crippen molar-refractivity contribution in [2.24, 2.45) is 0 Å². The van der Waals surface area contributed by atoms with Gasteiger partial charge >= 0.3 is 0 Å². The van der Waals surface area contributed by atoms with Gasteiger partial charge in [-0.2, -0.15) is 5.10 Å². The summed E-state index contributed by atoms with van der Waals surface area (Å²) >= 11 is 1.10. The van der Waals surface area contributed by atoms with E-state index in [4.69, 9.17) is 0 Å². The van der Waals surface area contributed by atoms with Gasteiger partial charge in [0.2, 0.25) is 0 Å². The molecular formula is C9H11N5OS. The van der Waals surface area contributed by atoms with E-state index < -0.39 is 0 Å². The van der Waals surface area contributed by atoms with Gasteiger partial charge in [0.1, 0.15) is 17.0 Å². The summed E-state index contributed by atoms with van der Waals surface area (Å²) < 4.78 is 5.42. The molecule has 0 aromatic carbocycles. The lowest BCUT2D eigenvalue weighted by Gasteiger charge is -2.02. The van der Waals surface area contributed by atoms with Crippen LogP contribution in [0.5, 0.6) is 0 Å². The number of ketones is 1. The average molecular weight is 237 g/mol. The van der Waals surface area contributed by atoms with E-state index in [1.807, 2.05) is 0 Å². The van der Waals surface area contributed by atoms with Crippen molar-refractivity contribution < 1.29 is 4.79 Å².